The van der Waals surface area contributed by atoms with Gasteiger partial charge in [0.05, 0.1) is 0 Å². The Balaban J connectivity index is -0.000000310. The van der Waals surface area contributed by atoms with Crippen LogP contribution in [0.15, 0.2) is 84.9 Å². The Bertz CT molecular complexity index is 1960. The molecule has 0 unspecified atom stereocenters. The van der Waals surface area contributed by atoms with Crippen molar-refractivity contribution in [2.45, 2.75) is 380 Å². The minimum Gasteiger partial charge on any atom is -0.328 e. The molecule has 0 saturated carbocycles. The third-order valence-corrected chi connectivity index (χ3v) is 15.4. The van der Waals surface area contributed by atoms with Gasteiger partial charge in [-0.15, -0.1) is 0 Å². The summed E-state index contributed by atoms with van der Waals surface area (Å²) in [5.41, 5.74) is 15.5. The molecule has 0 amide bonds. The minimum absolute atomic E-state index is 0.242. The van der Waals surface area contributed by atoms with Crippen molar-refractivity contribution in [3.63, 3.8) is 0 Å². The zero-order chi connectivity index (χ0) is 70.8. The molecule has 6 N–H and O–H groups in total. The van der Waals surface area contributed by atoms with E-state index in [-0.39, 0.29) is 32.5 Å². The summed E-state index contributed by atoms with van der Waals surface area (Å²) in [4.78, 5) is 43.4. The maximum Gasteiger partial charge on any atom is 0.324 e. The molecule has 6 nitrogen and oxygen atoms in total. The van der Waals surface area contributed by atoms with Crippen LogP contribution < -0.4 is 0 Å². The van der Waals surface area contributed by atoms with Gasteiger partial charge >= 0.3 is 17.2 Å². The molecule has 0 saturated heterocycles. The second-order valence-corrected chi connectivity index (χ2v) is 32.4. The molecule has 90 heavy (non-hydrogen) atoms. The Kier molecular flexibility index (Phi) is 58.5. The van der Waals surface area contributed by atoms with Crippen molar-refractivity contribution >= 4 is 17.2 Å². The fourth-order valence-electron chi connectivity index (χ4n) is 8.88. The Morgan fingerprint density at radius 1 is 0.211 bits per heavy atom. The maximum absolute atomic E-state index is 7.23. The zero-order valence-electron chi connectivity index (χ0n) is 64.6. The van der Waals surface area contributed by atoms with Crippen LogP contribution in [0.2, 0.25) is 0 Å². The van der Waals surface area contributed by atoms with E-state index < -0.39 is 17.2 Å². The highest BCUT2D eigenvalue weighted by atomic mass is 31.2. The summed E-state index contributed by atoms with van der Waals surface area (Å²) in [5.74, 6) is 0. The lowest BCUT2D eigenvalue weighted by atomic mass is 9.80. The van der Waals surface area contributed by atoms with Crippen molar-refractivity contribution < 1.29 is 29.4 Å². The first-order valence-corrected chi connectivity index (χ1v) is 37.9. The average molecular weight is 1300 g/mol. The van der Waals surface area contributed by atoms with E-state index in [0.717, 1.165) is 0 Å². The van der Waals surface area contributed by atoms with Crippen LogP contribution in [0.3, 0.4) is 0 Å². The standard InChI is InChI=1S/2C15H24.2C13H28.2C11H16.C4H10.2H3O3P/c2*1-11-8-12(14(2,3)4)10-13(9-11)15(5,6)7;2*1-3-5-7-9-11-13-12-10-8-6-4-2;2*1-9-5-7-10(8-6-9)11(2,3)4;1-3-4-2;2*1-4(2)3/h2*8-10H,1-7H3;2*3-13H2,1-2H3;2*5-8H,1-4H3;3-4H2,1-2H3;2*1-3H. The highest BCUT2D eigenvalue weighted by molar-refractivity contribution is 7.38. The summed E-state index contributed by atoms with van der Waals surface area (Å²) in [7, 11) is -5.24. The topological polar surface area (TPSA) is 121 Å². The number of hydrogen-bond acceptors (Lipinski definition) is 6. The van der Waals surface area contributed by atoms with E-state index in [1.165, 1.54) is 210 Å². The molecule has 4 aromatic rings. The second kappa shape index (κ2) is 54.7. The minimum atomic E-state index is -2.62. The van der Waals surface area contributed by atoms with Gasteiger partial charge in [-0.05, 0) is 93.6 Å². The van der Waals surface area contributed by atoms with Gasteiger partial charge in [0.15, 0.2) is 0 Å². The number of aryl methyl sites for hydroxylation is 4. The number of hydrogen-bond donors (Lipinski definition) is 6. The summed E-state index contributed by atoms with van der Waals surface area (Å²) < 4.78 is 0. The third-order valence-electron chi connectivity index (χ3n) is 15.4. The molecule has 0 heterocycles. The van der Waals surface area contributed by atoms with E-state index in [0.29, 0.717) is 0 Å². The summed E-state index contributed by atoms with van der Waals surface area (Å²) >= 11 is 0. The number of unbranched alkanes of at least 4 members (excludes halogenated alkanes) is 21. The van der Waals surface area contributed by atoms with Crippen molar-refractivity contribution in [1.82, 2.24) is 0 Å². The van der Waals surface area contributed by atoms with Gasteiger partial charge in [-0.1, -0.05) is 427 Å². The molecule has 0 aromatic heterocycles. The lowest BCUT2D eigenvalue weighted by Crippen LogP contribution is -2.16. The Hall–Kier alpha value is -2.50. The van der Waals surface area contributed by atoms with Crippen LogP contribution in [0, 0.1) is 27.7 Å². The molecule has 0 radical (unpaired) electrons. The van der Waals surface area contributed by atoms with E-state index in [1.807, 2.05) is 0 Å². The summed E-state index contributed by atoms with van der Waals surface area (Å²) in [5, 5.41) is 0. The average Bonchev–Trinajstić information content (AvgIpc) is 1.90. The van der Waals surface area contributed by atoms with E-state index >= 15 is 0 Å². The van der Waals surface area contributed by atoms with Crippen LogP contribution in [0.1, 0.15) is 376 Å². The second-order valence-electron chi connectivity index (χ2n) is 31.3. The van der Waals surface area contributed by atoms with Crippen molar-refractivity contribution in [2.24, 2.45) is 0 Å². The highest BCUT2D eigenvalue weighted by Crippen LogP contribution is 2.32. The Labute approximate surface area is 564 Å². The number of rotatable bonds is 21. The molecular formula is C82H152O6P2. The van der Waals surface area contributed by atoms with Crippen LogP contribution in [0.5, 0.6) is 0 Å². The van der Waals surface area contributed by atoms with Gasteiger partial charge in [-0.2, -0.15) is 0 Å². The Morgan fingerprint density at radius 3 is 0.478 bits per heavy atom. The monoisotopic (exact) mass is 1300 g/mol. The molecule has 0 spiro atoms. The lowest BCUT2D eigenvalue weighted by Gasteiger charge is -2.25. The predicted octanol–water partition coefficient (Wildman–Crippen LogP) is 26.6. The smallest absolute Gasteiger partial charge is 0.324 e. The van der Waals surface area contributed by atoms with E-state index in [9.17, 15) is 0 Å². The van der Waals surface area contributed by atoms with Gasteiger partial charge in [0.25, 0.3) is 0 Å². The fraction of sp³-hybridized carbons (Fsp3) is 0.707. The molecule has 526 valence electrons. The summed E-state index contributed by atoms with van der Waals surface area (Å²) in [6.45, 7) is 62.8. The van der Waals surface area contributed by atoms with Gasteiger partial charge in [-0.25, -0.2) is 0 Å². The van der Waals surface area contributed by atoms with Crippen LogP contribution in [-0.4, -0.2) is 29.4 Å². The molecule has 4 aromatic carbocycles. The SMILES string of the molecule is CCCC.CCCCCCCCCCCCC.CCCCCCCCCCCCC.Cc1cc(C(C)(C)C)cc(C(C)(C)C)c1.Cc1cc(C(C)(C)C)cc(C(C)(C)C)c1.Cc1ccc(C(C)(C)C)cc1.Cc1ccc(C(C)(C)C)cc1.OP(O)O.OP(O)O. The van der Waals surface area contributed by atoms with E-state index in [1.54, 1.807) is 0 Å². The quantitative estimate of drug-likeness (QED) is 0.0365. The van der Waals surface area contributed by atoms with Crippen LogP contribution in [-0.2, 0) is 32.5 Å². The van der Waals surface area contributed by atoms with Gasteiger partial charge < -0.3 is 29.4 Å². The first-order valence-electron chi connectivity index (χ1n) is 35.5. The van der Waals surface area contributed by atoms with Gasteiger partial charge in [-0.3, -0.25) is 0 Å². The molecule has 0 aliphatic rings. The number of benzene rings is 4. The molecular weight excluding hydrogens is 1140 g/mol. The van der Waals surface area contributed by atoms with Crippen molar-refractivity contribution in [1.29, 1.82) is 0 Å². The van der Waals surface area contributed by atoms with Crippen molar-refractivity contribution in [3.8, 4) is 0 Å². The first-order chi connectivity index (χ1) is 41.4. The van der Waals surface area contributed by atoms with E-state index in [4.69, 9.17) is 29.4 Å². The van der Waals surface area contributed by atoms with Crippen LogP contribution in [0.25, 0.3) is 0 Å². The Morgan fingerprint density at radius 2 is 0.356 bits per heavy atom. The molecule has 0 aliphatic heterocycles. The fourth-order valence-corrected chi connectivity index (χ4v) is 8.88. The lowest BCUT2D eigenvalue weighted by molar-refractivity contribution is 0.366. The van der Waals surface area contributed by atoms with E-state index in [2.05, 4.69) is 279 Å². The molecule has 0 fully saturated rings. The van der Waals surface area contributed by atoms with Crippen LogP contribution >= 0.6 is 17.2 Å². The first kappa shape index (κ1) is 96.2. The zero-order valence-corrected chi connectivity index (χ0v) is 66.4. The van der Waals surface area contributed by atoms with Gasteiger partial charge in [0.1, 0.15) is 0 Å². The molecule has 8 heteroatoms. The van der Waals surface area contributed by atoms with Gasteiger partial charge in [0.2, 0.25) is 0 Å². The largest absolute Gasteiger partial charge is 0.328 e. The van der Waals surface area contributed by atoms with Crippen LogP contribution in [0.4, 0.5) is 0 Å². The van der Waals surface area contributed by atoms with Crippen molar-refractivity contribution in [2.75, 3.05) is 0 Å². The summed E-state index contributed by atoms with van der Waals surface area (Å²) in [6, 6.07) is 31.4. The summed E-state index contributed by atoms with van der Waals surface area (Å²) in [6.07, 6.45) is 34.5. The normalized spacial score (nSPS) is 11.4. The molecule has 0 aliphatic carbocycles. The predicted molar refractivity (Wildman–Crippen MR) is 409 cm³/mol. The molecule has 0 atom stereocenters. The maximum atomic E-state index is 7.23. The van der Waals surface area contributed by atoms with Gasteiger partial charge in [0, 0.05) is 0 Å². The molecule has 0 bridgehead atoms. The third kappa shape index (κ3) is 62.9. The van der Waals surface area contributed by atoms with Crippen molar-refractivity contribution in [3.05, 3.63) is 141 Å². The highest BCUT2D eigenvalue weighted by Gasteiger charge is 2.21. The molecule has 4 rings (SSSR count).